The summed E-state index contributed by atoms with van der Waals surface area (Å²) in [5, 5.41) is 9.93. The maximum absolute atomic E-state index is 12.0. The number of amides is 1. The van der Waals surface area contributed by atoms with Gasteiger partial charge in [-0.05, 0) is 49.5 Å². The highest BCUT2D eigenvalue weighted by Gasteiger charge is 2.07. The molecule has 1 aromatic carbocycles. The number of thioether (sulfide) groups is 1. The van der Waals surface area contributed by atoms with Crippen LogP contribution in [0.4, 0.5) is 5.69 Å². The number of benzene rings is 1. The van der Waals surface area contributed by atoms with Gasteiger partial charge in [0.15, 0.2) is 5.96 Å². The van der Waals surface area contributed by atoms with Crippen molar-refractivity contribution < 1.29 is 4.79 Å². The maximum atomic E-state index is 12.0. The van der Waals surface area contributed by atoms with E-state index in [0.29, 0.717) is 18.0 Å². The van der Waals surface area contributed by atoms with Gasteiger partial charge in [0.25, 0.3) is 0 Å². The quantitative estimate of drug-likeness (QED) is 0.209. The monoisotopic (exact) mass is 498 g/mol. The molecule has 1 amide bonds. The Bertz CT molecular complexity index is 557. The third-order valence-corrected chi connectivity index (χ3v) is 4.58. The van der Waals surface area contributed by atoms with Crippen LogP contribution in [0.1, 0.15) is 24.8 Å². The van der Waals surface area contributed by atoms with Crippen LogP contribution in [0.2, 0.25) is 5.02 Å². The number of halogens is 2. The first-order chi connectivity index (χ1) is 11.6. The van der Waals surface area contributed by atoms with Crippen molar-refractivity contribution in [2.45, 2.75) is 26.2 Å². The van der Waals surface area contributed by atoms with Gasteiger partial charge in [-0.1, -0.05) is 17.7 Å². The molecular weight excluding hydrogens is 471 g/mol. The largest absolute Gasteiger partial charge is 0.356 e. The van der Waals surface area contributed by atoms with Gasteiger partial charge in [-0.3, -0.25) is 9.79 Å². The molecule has 1 aromatic rings. The first kappa shape index (κ1) is 24.3. The van der Waals surface area contributed by atoms with Gasteiger partial charge in [0.1, 0.15) is 0 Å². The van der Waals surface area contributed by atoms with Crippen molar-refractivity contribution in [3.63, 3.8) is 0 Å². The predicted molar refractivity (Wildman–Crippen MR) is 122 cm³/mol. The summed E-state index contributed by atoms with van der Waals surface area (Å²) in [4.78, 5) is 16.2. The van der Waals surface area contributed by atoms with E-state index >= 15 is 0 Å². The van der Waals surface area contributed by atoms with Gasteiger partial charge in [-0.25, -0.2) is 0 Å². The molecule has 142 valence electrons. The van der Waals surface area contributed by atoms with Crippen molar-refractivity contribution in [2.24, 2.45) is 4.99 Å². The second kappa shape index (κ2) is 14.5. The second-order valence-electron chi connectivity index (χ2n) is 5.34. The first-order valence-electron chi connectivity index (χ1n) is 8.07. The minimum Gasteiger partial charge on any atom is -0.356 e. The van der Waals surface area contributed by atoms with Crippen LogP contribution in [0.25, 0.3) is 0 Å². The minimum atomic E-state index is -0.0525. The first-order valence-corrected chi connectivity index (χ1v) is 9.84. The zero-order valence-corrected chi connectivity index (χ0v) is 18.9. The van der Waals surface area contributed by atoms with Crippen molar-refractivity contribution in [2.75, 3.05) is 37.5 Å². The smallest absolute Gasteiger partial charge is 0.226 e. The molecule has 8 heteroatoms. The Morgan fingerprint density at radius 3 is 2.64 bits per heavy atom. The van der Waals surface area contributed by atoms with Gasteiger partial charge in [0.2, 0.25) is 5.91 Å². The predicted octanol–water partition coefficient (Wildman–Crippen LogP) is 3.90. The molecule has 0 unspecified atom stereocenters. The Morgan fingerprint density at radius 2 is 1.96 bits per heavy atom. The lowest BCUT2D eigenvalue weighted by atomic mass is 10.2. The fraction of sp³-hybridized carbons (Fsp3) is 0.529. The highest BCUT2D eigenvalue weighted by Crippen LogP contribution is 2.22. The van der Waals surface area contributed by atoms with Gasteiger partial charge < -0.3 is 16.0 Å². The number of carbonyl (C=O) groups excluding carboxylic acids is 1. The van der Waals surface area contributed by atoms with E-state index in [1.54, 1.807) is 7.05 Å². The summed E-state index contributed by atoms with van der Waals surface area (Å²) in [5.41, 5.74) is 1.63. The number of anilines is 1. The summed E-state index contributed by atoms with van der Waals surface area (Å²) >= 11 is 7.91. The van der Waals surface area contributed by atoms with Crippen molar-refractivity contribution in [3.05, 3.63) is 28.8 Å². The van der Waals surface area contributed by atoms with Gasteiger partial charge in [-0.15, -0.1) is 24.0 Å². The standard InChI is InChI=1S/C17H27ClN4OS.HI/c1-13-14(18)7-6-8-15(13)22-16(23)9-11-21-17(19-2)20-10-4-5-12-24-3;/h6-8H,4-5,9-12H2,1-3H3,(H,22,23)(H2,19,20,21);1H. The van der Waals surface area contributed by atoms with Crippen LogP contribution in [0.5, 0.6) is 0 Å². The van der Waals surface area contributed by atoms with E-state index in [2.05, 4.69) is 27.2 Å². The average Bonchev–Trinajstić information content (AvgIpc) is 2.57. The number of nitrogens with zero attached hydrogens (tertiary/aromatic N) is 1. The number of rotatable bonds is 9. The van der Waals surface area contributed by atoms with Gasteiger partial charge in [-0.2, -0.15) is 11.8 Å². The Labute approximate surface area is 177 Å². The highest BCUT2D eigenvalue weighted by atomic mass is 127. The molecule has 0 spiro atoms. The lowest BCUT2D eigenvalue weighted by Crippen LogP contribution is -2.39. The molecule has 0 fully saturated rings. The molecule has 25 heavy (non-hydrogen) atoms. The summed E-state index contributed by atoms with van der Waals surface area (Å²) in [6.07, 6.45) is 4.77. The van der Waals surface area contributed by atoms with E-state index in [0.717, 1.165) is 30.2 Å². The summed E-state index contributed by atoms with van der Waals surface area (Å²) in [7, 11) is 1.73. The molecule has 0 aliphatic rings. The fourth-order valence-corrected chi connectivity index (χ4v) is 2.72. The number of unbranched alkanes of at least 4 members (excludes halogenated alkanes) is 1. The number of carbonyl (C=O) groups is 1. The van der Waals surface area contributed by atoms with Gasteiger partial charge in [0.05, 0.1) is 0 Å². The summed E-state index contributed by atoms with van der Waals surface area (Å²) in [6.45, 7) is 3.29. The number of nitrogens with one attached hydrogen (secondary N) is 3. The van der Waals surface area contributed by atoms with Crippen molar-refractivity contribution in [1.29, 1.82) is 0 Å². The van der Waals surface area contributed by atoms with E-state index < -0.39 is 0 Å². The SMILES string of the molecule is CN=C(NCCCCSC)NCCC(=O)Nc1cccc(Cl)c1C.I. The maximum Gasteiger partial charge on any atom is 0.226 e. The van der Waals surface area contributed by atoms with Crippen molar-refractivity contribution in [1.82, 2.24) is 10.6 Å². The molecule has 5 nitrogen and oxygen atoms in total. The Morgan fingerprint density at radius 1 is 1.24 bits per heavy atom. The van der Waals surface area contributed by atoms with Crippen molar-refractivity contribution >= 4 is 64.9 Å². The molecule has 0 saturated heterocycles. The molecule has 0 bridgehead atoms. The molecule has 0 aliphatic carbocycles. The Balaban J connectivity index is 0.00000576. The van der Waals surface area contributed by atoms with E-state index in [4.69, 9.17) is 11.6 Å². The molecule has 3 N–H and O–H groups in total. The Hall–Kier alpha value is -0.670. The van der Waals surface area contributed by atoms with Crippen LogP contribution >= 0.6 is 47.3 Å². The zero-order valence-electron chi connectivity index (χ0n) is 15.0. The summed E-state index contributed by atoms with van der Waals surface area (Å²) in [5.74, 6) is 1.85. The molecule has 0 saturated carbocycles. The van der Waals surface area contributed by atoms with Crippen LogP contribution in [0, 0.1) is 6.92 Å². The average molecular weight is 499 g/mol. The number of aliphatic imine (C=N–C) groups is 1. The molecule has 1 rings (SSSR count). The van der Waals surface area contributed by atoms with Gasteiger partial charge >= 0.3 is 0 Å². The van der Waals surface area contributed by atoms with Gasteiger partial charge in [0, 0.05) is 37.3 Å². The molecule has 0 aromatic heterocycles. The fourth-order valence-electron chi connectivity index (χ4n) is 2.05. The van der Waals surface area contributed by atoms with E-state index in [-0.39, 0.29) is 29.9 Å². The normalized spacial score (nSPS) is 10.8. The second-order valence-corrected chi connectivity index (χ2v) is 6.73. The van der Waals surface area contributed by atoms with Crippen LogP contribution in [-0.4, -0.2) is 44.0 Å². The third-order valence-electron chi connectivity index (χ3n) is 3.48. The highest BCUT2D eigenvalue weighted by molar-refractivity contribution is 14.0. The number of hydrogen-bond acceptors (Lipinski definition) is 3. The summed E-state index contributed by atoms with van der Waals surface area (Å²) < 4.78 is 0. The number of guanidine groups is 1. The third kappa shape index (κ3) is 10.2. The van der Waals surface area contributed by atoms with Crippen LogP contribution < -0.4 is 16.0 Å². The molecule has 0 atom stereocenters. The molecule has 0 heterocycles. The van der Waals surface area contributed by atoms with E-state index in [1.807, 2.05) is 36.9 Å². The van der Waals surface area contributed by atoms with Crippen LogP contribution in [-0.2, 0) is 4.79 Å². The topological polar surface area (TPSA) is 65.5 Å². The minimum absolute atomic E-state index is 0. The molecular formula is C17H28ClIN4OS. The Kier molecular flexibility index (Phi) is 14.1. The van der Waals surface area contributed by atoms with Crippen LogP contribution in [0.3, 0.4) is 0 Å². The molecule has 0 radical (unpaired) electrons. The lowest BCUT2D eigenvalue weighted by molar-refractivity contribution is -0.116. The van der Waals surface area contributed by atoms with Crippen molar-refractivity contribution in [3.8, 4) is 0 Å². The zero-order chi connectivity index (χ0) is 17.8. The number of hydrogen-bond donors (Lipinski definition) is 3. The van der Waals surface area contributed by atoms with Crippen LogP contribution in [0.15, 0.2) is 23.2 Å². The van der Waals surface area contributed by atoms with E-state index in [9.17, 15) is 4.79 Å². The molecule has 0 aliphatic heterocycles. The van der Waals surface area contributed by atoms with E-state index in [1.165, 1.54) is 12.2 Å². The summed E-state index contributed by atoms with van der Waals surface area (Å²) in [6, 6.07) is 5.48. The lowest BCUT2D eigenvalue weighted by Gasteiger charge is -2.12.